The van der Waals surface area contributed by atoms with Gasteiger partial charge in [0.25, 0.3) is 0 Å². The van der Waals surface area contributed by atoms with E-state index in [1.165, 1.54) is 0 Å². The number of hydrogen-bond acceptors (Lipinski definition) is 3. The largest absolute Gasteiger partial charge is 0.497 e. The van der Waals surface area contributed by atoms with Crippen LogP contribution in [-0.4, -0.2) is 12.9 Å². The molecule has 0 aliphatic carbocycles. The number of ketones is 1. The Bertz CT molecular complexity index is 657. The number of fused-ring (bicyclic) bond motifs is 1. The van der Waals surface area contributed by atoms with E-state index in [0.717, 1.165) is 5.56 Å². The standard InChI is InChI=1S/C16H12O3/c1-18-12-7-8-14-13(10-12)16(17)15(19-14)9-11-5-3-2-4-6-11/h2-10H,1H3/b15-9-. The van der Waals surface area contributed by atoms with Gasteiger partial charge >= 0.3 is 0 Å². The van der Waals surface area contributed by atoms with E-state index in [2.05, 4.69) is 0 Å². The van der Waals surface area contributed by atoms with Crippen molar-refractivity contribution in [2.75, 3.05) is 7.11 Å². The van der Waals surface area contributed by atoms with Crippen LogP contribution in [0.2, 0.25) is 0 Å². The molecule has 0 N–H and O–H groups in total. The molecule has 3 nitrogen and oxygen atoms in total. The minimum atomic E-state index is -0.113. The van der Waals surface area contributed by atoms with Gasteiger partial charge in [-0.25, -0.2) is 0 Å². The molecule has 94 valence electrons. The molecule has 0 saturated carbocycles. The van der Waals surface area contributed by atoms with Crippen molar-refractivity contribution in [3.05, 3.63) is 65.4 Å². The molecule has 0 fully saturated rings. The fourth-order valence-corrected chi connectivity index (χ4v) is 2.00. The Morgan fingerprint density at radius 3 is 2.63 bits per heavy atom. The van der Waals surface area contributed by atoms with E-state index in [-0.39, 0.29) is 5.78 Å². The van der Waals surface area contributed by atoms with E-state index in [1.54, 1.807) is 31.4 Å². The van der Waals surface area contributed by atoms with Crippen LogP contribution in [0.4, 0.5) is 0 Å². The predicted molar refractivity (Wildman–Crippen MR) is 72.4 cm³/mol. The van der Waals surface area contributed by atoms with Gasteiger partial charge in [-0.3, -0.25) is 4.79 Å². The first kappa shape index (κ1) is 11.5. The van der Waals surface area contributed by atoms with Crippen molar-refractivity contribution in [3.63, 3.8) is 0 Å². The highest BCUT2D eigenvalue weighted by Crippen LogP contribution is 2.34. The van der Waals surface area contributed by atoms with Crippen LogP contribution >= 0.6 is 0 Å². The Morgan fingerprint density at radius 1 is 1.11 bits per heavy atom. The summed E-state index contributed by atoms with van der Waals surface area (Å²) in [5.41, 5.74) is 1.48. The van der Waals surface area contributed by atoms with Crippen LogP contribution < -0.4 is 9.47 Å². The summed E-state index contributed by atoms with van der Waals surface area (Å²) in [4.78, 5) is 12.2. The SMILES string of the molecule is COc1ccc2c(c1)C(=O)/C(=C/c1ccccc1)O2. The molecule has 0 saturated heterocycles. The molecule has 1 aliphatic rings. The lowest BCUT2D eigenvalue weighted by atomic mass is 10.1. The van der Waals surface area contributed by atoms with Crippen molar-refractivity contribution >= 4 is 11.9 Å². The van der Waals surface area contributed by atoms with Gasteiger partial charge in [0, 0.05) is 0 Å². The van der Waals surface area contributed by atoms with Gasteiger partial charge in [-0.1, -0.05) is 30.3 Å². The maximum atomic E-state index is 12.2. The molecule has 0 unspecified atom stereocenters. The van der Waals surface area contributed by atoms with Crippen molar-refractivity contribution < 1.29 is 14.3 Å². The first-order valence-electron chi connectivity index (χ1n) is 5.95. The lowest BCUT2D eigenvalue weighted by molar-refractivity contribution is 0.101. The number of Topliss-reactive ketones (excluding diaryl/α,β-unsaturated/α-hetero) is 1. The van der Waals surface area contributed by atoms with E-state index >= 15 is 0 Å². The minimum Gasteiger partial charge on any atom is -0.497 e. The zero-order valence-electron chi connectivity index (χ0n) is 10.4. The van der Waals surface area contributed by atoms with Gasteiger partial charge in [-0.15, -0.1) is 0 Å². The van der Waals surface area contributed by atoms with Crippen molar-refractivity contribution in [1.82, 2.24) is 0 Å². The highest BCUT2D eigenvalue weighted by Gasteiger charge is 2.27. The normalized spacial score (nSPS) is 15.2. The first-order valence-corrected chi connectivity index (χ1v) is 5.95. The maximum absolute atomic E-state index is 12.2. The molecule has 19 heavy (non-hydrogen) atoms. The van der Waals surface area contributed by atoms with Crippen molar-refractivity contribution in [1.29, 1.82) is 0 Å². The Kier molecular flexibility index (Phi) is 2.80. The Hall–Kier alpha value is -2.55. The van der Waals surface area contributed by atoms with Crippen LogP contribution in [-0.2, 0) is 0 Å². The van der Waals surface area contributed by atoms with Crippen LogP contribution in [0.5, 0.6) is 11.5 Å². The fourth-order valence-electron chi connectivity index (χ4n) is 2.00. The Labute approximate surface area is 111 Å². The molecule has 1 aliphatic heterocycles. The number of ether oxygens (including phenoxy) is 2. The van der Waals surface area contributed by atoms with Gasteiger partial charge in [0.1, 0.15) is 11.5 Å². The summed E-state index contributed by atoms with van der Waals surface area (Å²) in [5.74, 6) is 1.46. The molecule has 0 atom stereocenters. The summed E-state index contributed by atoms with van der Waals surface area (Å²) in [7, 11) is 1.57. The van der Waals surface area contributed by atoms with Crippen molar-refractivity contribution in [3.8, 4) is 11.5 Å². The highest BCUT2D eigenvalue weighted by molar-refractivity contribution is 6.14. The highest BCUT2D eigenvalue weighted by atomic mass is 16.5. The third-order valence-corrected chi connectivity index (χ3v) is 2.97. The summed E-state index contributed by atoms with van der Waals surface area (Å²) in [6, 6.07) is 14.8. The van der Waals surface area contributed by atoms with Crippen LogP contribution in [0.25, 0.3) is 6.08 Å². The van der Waals surface area contributed by atoms with Gasteiger partial charge < -0.3 is 9.47 Å². The van der Waals surface area contributed by atoms with Crippen LogP contribution in [0.3, 0.4) is 0 Å². The maximum Gasteiger partial charge on any atom is 0.232 e. The molecular weight excluding hydrogens is 240 g/mol. The second-order valence-electron chi connectivity index (χ2n) is 4.21. The number of rotatable bonds is 2. The summed E-state index contributed by atoms with van der Waals surface area (Å²) < 4.78 is 10.7. The second-order valence-corrected chi connectivity index (χ2v) is 4.21. The molecule has 0 amide bonds. The van der Waals surface area contributed by atoms with Gasteiger partial charge in [-0.05, 0) is 29.8 Å². The molecule has 0 aromatic heterocycles. The molecule has 2 aromatic rings. The third kappa shape index (κ3) is 2.10. The van der Waals surface area contributed by atoms with E-state index in [9.17, 15) is 4.79 Å². The van der Waals surface area contributed by atoms with E-state index in [0.29, 0.717) is 22.8 Å². The number of methoxy groups -OCH3 is 1. The van der Waals surface area contributed by atoms with Gasteiger partial charge in [0.2, 0.25) is 5.78 Å². The molecule has 0 bridgehead atoms. The zero-order chi connectivity index (χ0) is 13.2. The summed E-state index contributed by atoms with van der Waals surface area (Å²) >= 11 is 0. The van der Waals surface area contributed by atoms with Crippen LogP contribution in [0.1, 0.15) is 15.9 Å². The van der Waals surface area contributed by atoms with E-state index in [1.807, 2.05) is 30.3 Å². The third-order valence-electron chi connectivity index (χ3n) is 2.97. The average molecular weight is 252 g/mol. The molecule has 0 radical (unpaired) electrons. The van der Waals surface area contributed by atoms with Crippen LogP contribution in [0.15, 0.2) is 54.3 Å². The molecule has 0 spiro atoms. The molecule has 1 heterocycles. The molecule has 3 rings (SSSR count). The topological polar surface area (TPSA) is 35.5 Å². The van der Waals surface area contributed by atoms with Gasteiger partial charge in [-0.2, -0.15) is 0 Å². The van der Waals surface area contributed by atoms with Crippen LogP contribution in [0, 0.1) is 0 Å². The van der Waals surface area contributed by atoms with Gasteiger partial charge in [0.15, 0.2) is 5.76 Å². The number of benzene rings is 2. The summed E-state index contributed by atoms with van der Waals surface area (Å²) in [5, 5.41) is 0. The summed E-state index contributed by atoms with van der Waals surface area (Å²) in [6.07, 6.45) is 1.74. The van der Waals surface area contributed by atoms with Crippen molar-refractivity contribution in [2.45, 2.75) is 0 Å². The minimum absolute atomic E-state index is 0.113. The number of carbonyl (C=O) groups is 1. The molecule has 2 aromatic carbocycles. The Morgan fingerprint density at radius 2 is 1.89 bits per heavy atom. The van der Waals surface area contributed by atoms with Crippen molar-refractivity contribution in [2.24, 2.45) is 0 Å². The number of hydrogen-bond donors (Lipinski definition) is 0. The number of allylic oxidation sites excluding steroid dienone is 1. The number of carbonyl (C=O) groups excluding carboxylic acids is 1. The fraction of sp³-hybridized carbons (Fsp3) is 0.0625. The lowest BCUT2D eigenvalue weighted by Crippen LogP contribution is -1.98. The smallest absolute Gasteiger partial charge is 0.232 e. The quantitative estimate of drug-likeness (QED) is 0.769. The lowest BCUT2D eigenvalue weighted by Gasteiger charge is -2.00. The molecular formula is C16H12O3. The first-order chi connectivity index (χ1) is 9.28. The molecule has 3 heteroatoms. The average Bonchev–Trinajstić information content (AvgIpc) is 2.76. The van der Waals surface area contributed by atoms with Gasteiger partial charge in [0.05, 0.1) is 12.7 Å². The zero-order valence-corrected chi connectivity index (χ0v) is 10.4. The Balaban J connectivity index is 1.97. The second kappa shape index (κ2) is 4.61. The predicted octanol–water partition coefficient (Wildman–Crippen LogP) is 3.31. The van der Waals surface area contributed by atoms with E-state index < -0.39 is 0 Å². The monoisotopic (exact) mass is 252 g/mol. The van der Waals surface area contributed by atoms with E-state index in [4.69, 9.17) is 9.47 Å². The summed E-state index contributed by atoms with van der Waals surface area (Å²) in [6.45, 7) is 0.